The number of hydrogen-bond acceptors (Lipinski definition) is 1. The van der Waals surface area contributed by atoms with E-state index in [0.717, 1.165) is 5.69 Å². The van der Waals surface area contributed by atoms with Crippen LogP contribution in [0.5, 0.6) is 0 Å². The van der Waals surface area contributed by atoms with E-state index in [4.69, 9.17) is 0 Å². The first kappa shape index (κ1) is 12.3. The van der Waals surface area contributed by atoms with E-state index in [1.165, 1.54) is 0 Å². The molecule has 0 aliphatic heterocycles. The molecule has 0 atom stereocenters. The molecule has 2 nitrogen and oxygen atoms in total. The summed E-state index contributed by atoms with van der Waals surface area (Å²) in [4.78, 5) is 0. The van der Waals surface area contributed by atoms with Crippen molar-refractivity contribution in [3.63, 3.8) is 0 Å². The molecular formula is C12H20NOP. The van der Waals surface area contributed by atoms with Crippen molar-refractivity contribution in [2.45, 2.75) is 39.0 Å². The lowest BCUT2D eigenvalue weighted by molar-refractivity contribution is 0.565. The molecule has 0 saturated heterocycles. The van der Waals surface area contributed by atoms with Crippen molar-refractivity contribution in [1.82, 2.24) is 0 Å². The van der Waals surface area contributed by atoms with Gasteiger partial charge < -0.3 is 5.09 Å². The molecule has 3 heteroatoms. The largest absolute Gasteiger partial charge is 0.336 e. The molecule has 0 bridgehead atoms. The van der Waals surface area contributed by atoms with E-state index in [2.05, 4.69) is 5.09 Å². The summed E-state index contributed by atoms with van der Waals surface area (Å²) in [5.74, 6) is 0. The van der Waals surface area contributed by atoms with E-state index in [1.807, 2.05) is 58.0 Å². The molecule has 0 heterocycles. The maximum atomic E-state index is 12.7. The van der Waals surface area contributed by atoms with Crippen molar-refractivity contribution >= 4 is 13.0 Å². The highest BCUT2D eigenvalue weighted by atomic mass is 31.2. The second-order valence-corrected chi connectivity index (χ2v) is 8.08. The average Bonchev–Trinajstić information content (AvgIpc) is 2.18. The lowest BCUT2D eigenvalue weighted by Gasteiger charge is -2.27. The third-order valence-corrected chi connectivity index (χ3v) is 6.29. The fourth-order valence-electron chi connectivity index (χ4n) is 1.57. The highest BCUT2D eigenvalue weighted by Gasteiger charge is 2.29. The van der Waals surface area contributed by atoms with Crippen LogP contribution in [0.3, 0.4) is 0 Å². The minimum Gasteiger partial charge on any atom is -0.336 e. The number of nitrogens with one attached hydrogen (secondary N) is 1. The summed E-state index contributed by atoms with van der Waals surface area (Å²) in [5, 5.41) is 3.21. The summed E-state index contributed by atoms with van der Waals surface area (Å²) in [7, 11) is -2.34. The number of benzene rings is 1. The van der Waals surface area contributed by atoms with Crippen LogP contribution in [0, 0.1) is 0 Å². The molecule has 0 radical (unpaired) electrons. The molecule has 1 aromatic carbocycles. The van der Waals surface area contributed by atoms with Crippen LogP contribution in [-0.2, 0) is 4.57 Å². The summed E-state index contributed by atoms with van der Waals surface area (Å²) in [5.41, 5.74) is 1.28. The smallest absolute Gasteiger partial charge is 0.174 e. The summed E-state index contributed by atoms with van der Waals surface area (Å²) in [6.07, 6.45) is 0. The van der Waals surface area contributed by atoms with Gasteiger partial charge in [-0.25, -0.2) is 0 Å². The monoisotopic (exact) mass is 225 g/mol. The fourth-order valence-corrected chi connectivity index (χ4v) is 3.83. The predicted octanol–water partition coefficient (Wildman–Crippen LogP) is 4.19. The molecule has 0 fully saturated rings. The lowest BCUT2D eigenvalue weighted by Crippen LogP contribution is -2.15. The van der Waals surface area contributed by atoms with Crippen LogP contribution in [0.25, 0.3) is 0 Å². The number of rotatable bonds is 4. The SMILES string of the molecule is CC(C)P(=O)(Nc1ccccc1)C(C)C. The summed E-state index contributed by atoms with van der Waals surface area (Å²) in [6.45, 7) is 8.04. The highest BCUT2D eigenvalue weighted by molar-refractivity contribution is 7.66. The molecule has 0 spiro atoms. The van der Waals surface area contributed by atoms with Crippen molar-refractivity contribution in [3.05, 3.63) is 30.3 Å². The van der Waals surface area contributed by atoms with Crippen molar-refractivity contribution in [2.75, 3.05) is 5.09 Å². The minimum absolute atomic E-state index is 0.165. The molecule has 0 aromatic heterocycles. The molecule has 0 saturated carbocycles. The standard InChI is InChI=1S/C12H20NOP/c1-10(2)15(14,11(3)4)13-12-8-6-5-7-9-12/h5-11H,1-4H3,(H,13,14). The van der Waals surface area contributed by atoms with Gasteiger partial charge in [0, 0.05) is 17.0 Å². The van der Waals surface area contributed by atoms with Crippen LogP contribution >= 0.6 is 7.29 Å². The van der Waals surface area contributed by atoms with Crippen LogP contribution in [0.2, 0.25) is 0 Å². The van der Waals surface area contributed by atoms with Gasteiger partial charge in [0.15, 0.2) is 7.29 Å². The van der Waals surface area contributed by atoms with Gasteiger partial charge >= 0.3 is 0 Å². The normalized spacial score (nSPS) is 12.1. The number of hydrogen-bond donors (Lipinski definition) is 1. The third-order valence-electron chi connectivity index (χ3n) is 2.61. The summed E-state index contributed by atoms with van der Waals surface area (Å²) >= 11 is 0. The molecule has 1 rings (SSSR count). The molecular weight excluding hydrogens is 205 g/mol. The lowest BCUT2D eigenvalue weighted by atomic mass is 10.3. The van der Waals surface area contributed by atoms with Crippen LogP contribution < -0.4 is 5.09 Å². The van der Waals surface area contributed by atoms with Crippen LogP contribution in [0.4, 0.5) is 5.69 Å². The van der Waals surface area contributed by atoms with Gasteiger partial charge in [0.1, 0.15) is 0 Å². The molecule has 1 aromatic rings. The summed E-state index contributed by atoms with van der Waals surface area (Å²) < 4.78 is 12.7. The Balaban J connectivity index is 2.91. The van der Waals surface area contributed by atoms with E-state index >= 15 is 0 Å². The van der Waals surface area contributed by atoms with E-state index in [-0.39, 0.29) is 11.3 Å². The van der Waals surface area contributed by atoms with Gasteiger partial charge in [-0.2, -0.15) is 0 Å². The molecule has 0 amide bonds. The van der Waals surface area contributed by atoms with Gasteiger partial charge in [0.25, 0.3) is 0 Å². The first-order chi connectivity index (χ1) is 6.97. The van der Waals surface area contributed by atoms with E-state index < -0.39 is 7.29 Å². The molecule has 1 N–H and O–H groups in total. The zero-order valence-electron chi connectivity index (χ0n) is 9.90. The van der Waals surface area contributed by atoms with Crippen LogP contribution in [0.1, 0.15) is 27.7 Å². The molecule has 0 unspecified atom stereocenters. The second kappa shape index (κ2) is 4.85. The zero-order valence-corrected chi connectivity index (χ0v) is 10.8. The molecule has 15 heavy (non-hydrogen) atoms. The molecule has 0 aliphatic rings. The van der Waals surface area contributed by atoms with Crippen molar-refractivity contribution in [1.29, 1.82) is 0 Å². The van der Waals surface area contributed by atoms with E-state index in [9.17, 15) is 4.57 Å². The quantitative estimate of drug-likeness (QED) is 0.778. The van der Waals surface area contributed by atoms with Crippen molar-refractivity contribution < 1.29 is 4.57 Å². The first-order valence-electron chi connectivity index (χ1n) is 5.39. The van der Waals surface area contributed by atoms with Crippen molar-refractivity contribution in [3.8, 4) is 0 Å². The predicted molar refractivity (Wildman–Crippen MR) is 67.9 cm³/mol. The van der Waals surface area contributed by atoms with Gasteiger partial charge in [-0.05, 0) is 12.1 Å². The Hall–Kier alpha value is -0.750. The third kappa shape index (κ3) is 2.85. The molecule has 0 aliphatic carbocycles. The Morgan fingerprint density at radius 1 is 1.00 bits per heavy atom. The van der Waals surface area contributed by atoms with Crippen LogP contribution in [-0.4, -0.2) is 11.3 Å². The molecule has 84 valence electrons. The Kier molecular flexibility index (Phi) is 3.98. The Morgan fingerprint density at radius 2 is 1.47 bits per heavy atom. The maximum absolute atomic E-state index is 12.7. The van der Waals surface area contributed by atoms with Crippen molar-refractivity contribution in [2.24, 2.45) is 0 Å². The Labute approximate surface area is 92.5 Å². The van der Waals surface area contributed by atoms with E-state index in [1.54, 1.807) is 0 Å². The minimum atomic E-state index is -2.34. The topological polar surface area (TPSA) is 29.1 Å². The number of para-hydroxylation sites is 1. The Bertz CT molecular complexity index is 334. The van der Waals surface area contributed by atoms with Gasteiger partial charge in [-0.15, -0.1) is 0 Å². The van der Waals surface area contributed by atoms with Gasteiger partial charge in [0.2, 0.25) is 0 Å². The highest BCUT2D eigenvalue weighted by Crippen LogP contribution is 2.54. The average molecular weight is 225 g/mol. The first-order valence-corrected chi connectivity index (χ1v) is 7.24. The maximum Gasteiger partial charge on any atom is 0.174 e. The van der Waals surface area contributed by atoms with Crippen LogP contribution in [0.15, 0.2) is 30.3 Å². The Morgan fingerprint density at radius 3 is 1.87 bits per heavy atom. The number of anilines is 1. The fraction of sp³-hybridized carbons (Fsp3) is 0.500. The zero-order chi connectivity index (χ0) is 11.5. The van der Waals surface area contributed by atoms with Gasteiger partial charge in [-0.3, -0.25) is 4.57 Å². The summed E-state index contributed by atoms with van der Waals surface area (Å²) in [6, 6.07) is 9.77. The second-order valence-electron chi connectivity index (χ2n) is 4.37. The van der Waals surface area contributed by atoms with Gasteiger partial charge in [-0.1, -0.05) is 45.9 Å². The van der Waals surface area contributed by atoms with E-state index in [0.29, 0.717) is 0 Å². The van der Waals surface area contributed by atoms with Gasteiger partial charge in [0.05, 0.1) is 0 Å².